The van der Waals surface area contributed by atoms with Crippen molar-refractivity contribution in [1.82, 2.24) is 14.9 Å². The number of carbonyl (C=O) groups is 1. The Morgan fingerprint density at radius 1 is 1.10 bits per heavy atom. The maximum absolute atomic E-state index is 13.3. The van der Waals surface area contributed by atoms with E-state index in [0.717, 1.165) is 51.6 Å². The van der Waals surface area contributed by atoms with Crippen molar-refractivity contribution >= 4 is 27.5 Å². The van der Waals surface area contributed by atoms with Crippen molar-refractivity contribution < 1.29 is 9.18 Å². The number of benzene rings is 2. The molecule has 3 heterocycles. The highest BCUT2D eigenvalue weighted by molar-refractivity contribution is 7.18. The molecule has 0 bridgehead atoms. The molecule has 0 aliphatic carbocycles. The molecule has 5 rings (SSSR count). The number of thiazole rings is 1. The number of hydrogen-bond donors (Lipinski definition) is 0. The second-order valence-corrected chi connectivity index (χ2v) is 9.20. The fourth-order valence-corrected chi connectivity index (χ4v) is 5.03. The topological polar surface area (TPSA) is 46.1 Å². The van der Waals surface area contributed by atoms with Crippen molar-refractivity contribution in [2.45, 2.75) is 25.7 Å². The van der Waals surface area contributed by atoms with Crippen LogP contribution in [0, 0.1) is 12.7 Å². The highest BCUT2D eigenvalue weighted by atomic mass is 32.1. The van der Waals surface area contributed by atoms with Crippen LogP contribution in [0.25, 0.3) is 21.5 Å². The first-order chi connectivity index (χ1) is 15.1. The number of aryl methyl sites for hydroxylation is 1. The first-order valence-electron chi connectivity index (χ1n) is 10.5. The summed E-state index contributed by atoms with van der Waals surface area (Å²) in [7, 11) is 0. The lowest BCUT2D eigenvalue weighted by Gasteiger charge is -2.32. The molecule has 6 heteroatoms. The Hall–Kier alpha value is -3.12. The van der Waals surface area contributed by atoms with Gasteiger partial charge in [0.2, 0.25) is 0 Å². The number of amides is 1. The van der Waals surface area contributed by atoms with Crippen molar-refractivity contribution in [3.05, 3.63) is 82.7 Å². The molecule has 4 nitrogen and oxygen atoms in total. The van der Waals surface area contributed by atoms with E-state index in [9.17, 15) is 9.18 Å². The summed E-state index contributed by atoms with van der Waals surface area (Å²) in [5, 5.41) is 1.00. The summed E-state index contributed by atoms with van der Waals surface area (Å²) in [6.45, 7) is 3.38. The second-order valence-electron chi connectivity index (χ2n) is 7.96. The van der Waals surface area contributed by atoms with Gasteiger partial charge in [0.1, 0.15) is 5.82 Å². The van der Waals surface area contributed by atoms with Crippen LogP contribution in [0.15, 0.2) is 60.7 Å². The number of hydrogen-bond acceptors (Lipinski definition) is 4. The van der Waals surface area contributed by atoms with Gasteiger partial charge in [-0.3, -0.25) is 9.78 Å². The number of piperidine rings is 1. The van der Waals surface area contributed by atoms with E-state index in [1.54, 1.807) is 23.5 Å². The minimum absolute atomic E-state index is 0.0481. The summed E-state index contributed by atoms with van der Waals surface area (Å²) in [5.74, 6) is -0.0253. The zero-order chi connectivity index (χ0) is 21.4. The van der Waals surface area contributed by atoms with Gasteiger partial charge in [0.05, 0.1) is 20.9 Å². The summed E-state index contributed by atoms with van der Waals surface area (Å²) in [5.41, 5.74) is 4.26. The average molecular weight is 432 g/mol. The number of aromatic nitrogens is 2. The Morgan fingerprint density at radius 3 is 2.77 bits per heavy atom. The molecule has 1 saturated heterocycles. The molecule has 1 aliphatic rings. The van der Waals surface area contributed by atoms with Gasteiger partial charge in [-0.05, 0) is 74.4 Å². The van der Waals surface area contributed by atoms with E-state index in [1.807, 2.05) is 48.2 Å². The number of likely N-dealkylation sites (tertiary alicyclic amines) is 1. The molecule has 1 fully saturated rings. The van der Waals surface area contributed by atoms with E-state index in [-0.39, 0.29) is 17.6 Å². The lowest BCUT2D eigenvalue weighted by Crippen LogP contribution is -2.39. The zero-order valence-electron chi connectivity index (χ0n) is 17.2. The number of pyridine rings is 1. The maximum atomic E-state index is 13.3. The molecule has 156 valence electrons. The predicted octanol–water partition coefficient (Wildman–Crippen LogP) is 5.83. The summed E-state index contributed by atoms with van der Waals surface area (Å²) in [6.07, 6.45) is 1.94. The Kier molecular flexibility index (Phi) is 5.24. The van der Waals surface area contributed by atoms with Crippen LogP contribution in [0.1, 0.15) is 39.8 Å². The van der Waals surface area contributed by atoms with Crippen LogP contribution >= 0.6 is 11.3 Å². The molecule has 1 aliphatic heterocycles. The van der Waals surface area contributed by atoms with Gasteiger partial charge in [-0.2, -0.15) is 0 Å². The first kappa shape index (κ1) is 19.8. The van der Waals surface area contributed by atoms with Crippen molar-refractivity contribution in [2.24, 2.45) is 0 Å². The summed E-state index contributed by atoms with van der Waals surface area (Å²) >= 11 is 1.64. The van der Waals surface area contributed by atoms with Crippen LogP contribution in [0.5, 0.6) is 0 Å². The highest BCUT2D eigenvalue weighted by Gasteiger charge is 2.26. The van der Waals surface area contributed by atoms with Gasteiger partial charge in [0, 0.05) is 35.8 Å². The van der Waals surface area contributed by atoms with Crippen molar-refractivity contribution in [3.8, 4) is 11.3 Å². The van der Waals surface area contributed by atoms with Gasteiger partial charge in [-0.15, -0.1) is 11.3 Å². The molecule has 2 aromatic heterocycles. The molecule has 1 amide bonds. The lowest BCUT2D eigenvalue weighted by molar-refractivity contribution is 0.0706. The molecular formula is C25H22FN3OS. The summed E-state index contributed by atoms with van der Waals surface area (Å²) in [6, 6.07) is 18.1. The number of fused-ring (bicyclic) bond motifs is 1. The van der Waals surface area contributed by atoms with Gasteiger partial charge in [-0.1, -0.05) is 6.07 Å². The molecular weight excluding hydrogens is 409 g/mol. The third-order valence-corrected chi connectivity index (χ3v) is 6.73. The fraction of sp³-hybridized carbons (Fsp3) is 0.240. The predicted molar refractivity (Wildman–Crippen MR) is 122 cm³/mol. The summed E-state index contributed by atoms with van der Waals surface area (Å²) < 4.78 is 14.4. The van der Waals surface area contributed by atoms with Gasteiger partial charge in [-0.25, -0.2) is 9.37 Å². The molecule has 0 unspecified atom stereocenters. The molecule has 0 radical (unpaired) electrons. The minimum Gasteiger partial charge on any atom is -0.338 e. The van der Waals surface area contributed by atoms with Crippen LogP contribution in [0.3, 0.4) is 0 Å². The maximum Gasteiger partial charge on any atom is 0.253 e. The van der Waals surface area contributed by atoms with E-state index in [4.69, 9.17) is 4.98 Å². The molecule has 0 N–H and O–H groups in total. The van der Waals surface area contributed by atoms with Gasteiger partial charge in [0.25, 0.3) is 5.91 Å². The molecule has 0 saturated carbocycles. The first-order valence-corrected chi connectivity index (χ1v) is 11.3. The van der Waals surface area contributed by atoms with Gasteiger partial charge < -0.3 is 4.90 Å². The van der Waals surface area contributed by atoms with E-state index in [0.29, 0.717) is 12.1 Å². The summed E-state index contributed by atoms with van der Waals surface area (Å²) in [4.78, 5) is 24.5. The molecule has 4 aromatic rings. The third kappa shape index (κ3) is 4.08. The number of rotatable bonds is 3. The molecule has 31 heavy (non-hydrogen) atoms. The highest BCUT2D eigenvalue weighted by Crippen LogP contribution is 2.29. The normalized spacial score (nSPS) is 16.6. The van der Waals surface area contributed by atoms with Crippen molar-refractivity contribution in [3.63, 3.8) is 0 Å². The van der Waals surface area contributed by atoms with Crippen molar-refractivity contribution in [1.29, 1.82) is 0 Å². The second kappa shape index (κ2) is 8.19. The van der Waals surface area contributed by atoms with Crippen LogP contribution < -0.4 is 0 Å². The monoisotopic (exact) mass is 431 g/mol. The van der Waals surface area contributed by atoms with Gasteiger partial charge >= 0.3 is 0 Å². The van der Waals surface area contributed by atoms with E-state index in [1.165, 1.54) is 12.1 Å². The Balaban J connectivity index is 1.36. The standard InChI is InChI=1S/C25H22FN3OS/c1-16-27-23-14-18(9-12-24(23)31-16)25(30)29-13-3-4-19(15-29)22-6-2-5-21(28-22)17-7-10-20(26)11-8-17/h2,5-12,14,19H,3-4,13,15H2,1H3/t19-/m0/s1. The minimum atomic E-state index is -0.257. The fourth-order valence-electron chi connectivity index (χ4n) is 4.22. The Bertz CT molecular complexity index is 1250. The molecule has 1 atom stereocenters. The Morgan fingerprint density at radius 2 is 1.94 bits per heavy atom. The lowest BCUT2D eigenvalue weighted by atomic mass is 9.93. The van der Waals surface area contributed by atoms with Crippen molar-refractivity contribution in [2.75, 3.05) is 13.1 Å². The largest absolute Gasteiger partial charge is 0.338 e. The van der Waals surface area contributed by atoms with Crippen LogP contribution in [-0.2, 0) is 0 Å². The van der Waals surface area contributed by atoms with Crippen LogP contribution in [0.4, 0.5) is 4.39 Å². The number of carbonyl (C=O) groups excluding carboxylic acids is 1. The molecule has 2 aromatic carbocycles. The van der Waals surface area contributed by atoms with E-state index >= 15 is 0 Å². The van der Waals surface area contributed by atoms with E-state index < -0.39 is 0 Å². The van der Waals surface area contributed by atoms with Crippen LogP contribution in [-0.4, -0.2) is 33.9 Å². The van der Waals surface area contributed by atoms with Crippen LogP contribution in [0.2, 0.25) is 0 Å². The molecule has 0 spiro atoms. The smallest absolute Gasteiger partial charge is 0.253 e. The zero-order valence-corrected chi connectivity index (χ0v) is 18.0. The van der Waals surface area contributed by atoms with Gasteiger partial charge in [0.15, 0.2) is 0 Å². The average Bonchev–Trinajstić information content (AvgIpc) is 3.18. The SMILES string of the molecule is Cc1nc2cc(C(=O)N3CCC[C@H](c4cccc(-c5ccc(F)cc5)n4)C3)ccc2s1. The quantitative estimate of drug-likeness (QED) is 0.410. The number of nitrogens with zero attached hydrogens (tertiary/aromatic N) is 3. The van der Waals surface area contributed by atoms with E-state index in [2.05, 4.69) is 4.98 Å². The Labute approximate surface area is 184 Å². The number of halogens is 1. The third-order valence-electron chi connectivity index (χ3n) is 5.78.